The highest BCUT2D eigenvalue weighted by Crippen LogP contribution is 2.16. The molecule has 9 heteroatoms. The molecule has 2 atom stereocenters. The molecule has 1 amide bonds. The fraction of sp³-hybridized carbons (Fsp3) is 0.636. The molecule has 1 aliphatic rings. The normalized spacial score (nSPS) is 20.5. The number of morpholine rings is 1. The molecule has 0 saturated carbocycles. The largest absolute Gasteiger partial charge is 0.389 e. The number of aliphatic hydroxyl groups excluding tert-OH is 1. The number of aromatic nitrogens is 2. The molecule has 2 rings (SSSR count). The lowest BCUT2D eigenvalue weighted by Crippen LogP contribution is -2.46. The van der Waals surface area contributed by atoms with Crippen LogP contribution in [0.4, 0.5) is 5.82 Å². The van der Waals surface area contributed by atoms with Crippen molar-refractivity contribution in [3.05, 3.63) is 22.1 Å². The Bertz CT molecular complexity index is 515. The second kappa shape index (κ2) is 5.97. The predicted molar refractivity (Wildman–Crippen MR) is 67.0 cm³/mol. The monoisotopic (exact) mass is 284 g/mol. The van der Waals surface area contributed by atoms with Gasteiger partial charge < -0.3 is 25.3 Å². The van der Waals surface area contributed by atoms with Crippen molar-refractivity contribution < 1.29 is 19.6 Å². The van der Waals surface area contributed by atoms with E-state index >= 15 is 0 Å². The van der Waals surface area contributed by atoms with Crippen LogP contribution in [0, 0.1) is 17.0 Å². The van der Waals surface area contributed by atoms with Gasteiger partial charge in [-0.05, 0) is 4.92 Å². The van der Waals surface area contributed by atoms with E-state index in [9.17, 15) is 20.0 Å². The van der Waals surface area contributed by atoms with Gasteiger partial charge in [-0.25, -0.2) is 9.55 Å². The van der Waals surface area contributed by atoms with Crippen LogP contribution in [-0.2, 0) is 16.1 Å². The molecule has 0 aliphatic carbocycles. The van der Waals surface area contributed by atoms with Crippen LogP contribution in [0.25, 0.3) is 0 Å². The first-order valence-corrected chi connectivity index (χ1v) is 6.23. The Morgan fingerprint density at radius 1 is 1.75 bits per heavy atom. The highest BCUT2D eigenvalue weighted by atomic mass is 16.6. The van der Waals surface area contributed by atoms with E-state index < -0.39 is 17.1 Å². The smallest absolute Gasteiger partial charge is 0.342 e. The van der Waals surface area contributed by atoms with Crippen molar-refractivity contribution in [2.24, 2.45) is 0 Å². The number of nitrogens with zero attached hydrogens (tertiary/aromatic N) is 3. The van der Waals surface area contributed by atoms with Gasteiger partial charge in [0, 0.05) is 19.9 Å². The molecule has 20 heavy (non-hydrogen) atoms. The van der Waals surface area contributed by atoms with Crippen molar-refractivity contribution in [1.29, 1.82) is 0 Å². The number of aryl methyl sites for hydroxylation is 1. The number of carbonyl (C=O) groups excluding carboxylic acids is 1. The summed E-state index contributed by atoms with van der Waals surface area (Å²) in [6, 6.07) is 0. The SMILES string of the molecule is Cc1ncc([N+](=O)[O-])n1CC(O)CC1OCCNC1=O. The summed E-state index contributed by atoms with van der Waals surface area (Å²) in [4.78, 5) is 25.6. The summed E-state index contributed by atoms with van der Waals surface area (Å²) < 4.78 is 6.57. The van der Waals surface area contributed by atoms with E-state index in [1.165, 1.54) is 4.57 Å². The van der Waals surface area contributed by atoms with E-state index in [0.717, 1.165) is 6.20 Å². The minimum absolute atomic E-state index is 0.00468. The molecule has 0 aromatic carbocycles. The van der Waals surface area contributed by atoms with Crippen LogP contribution in [0.2, 0.25) is 0 Å². The summed E-state index contributed by atoms with van der Waals surface area (Å²) in [7, 11) is 0. The summed E-state index contributed by atoms with van der Waals surface area (Å²) in [5, 5.41) is 23.5. The Labute approximate surface area is 114 Å². The predicted octanol–water partition coefficient (Wildman–Crippen LogP) is -0.634. The highest BCUT2D eigenvalue weighted by Gasteiger charge is 2.28. The molecular formula is C11H16N4O5. The quantitative estimate of drug-likeness (QED) is 0.548. The number of ether oxygens (including phenoxy) is 1. The van der Waals surface area contributed by atoms with Crippen molar-refractivity contribution in [2.75, 3.05) is 13.2 Å². The van der Waals surface area contributed by atoms with Crippen molar-refractivity contribution in [1.82, 2.24) is 14.9 Å². The van der Waals surface area contributed by atoms with E-state index in [2.05, 4.69) is 10.3 Å². The van der Waals surface area contributed by atoms with Crippen LogP contribution < -0.4 is 5.32 Å². The molecule has 0 radical (unpaired) electrons. The Kier molecular flexibility index (Phi) is 4.30. The fourth-order valence-electron chi connectivity index (χ4n) is 2.10. The standard InChI is InChI=1S/C11H16N4O5/c1-7-13-5-10(15(18)19)14(7)6-8(16)4-9-11(17)12-2-3-20-9/h5,8-9,16H,2-4,6H2,1H3,(H,12,17). The van der Waals surface area contributed by atoms with Crippen molar-refractivity contribution >= 4 is 11.7 Å². The zero-order valence-electron chi connectivity index (χ0n) is 11.0. The van der Waals surface area contributed by atoms with Crippen molar-refractivity contribution in [2.45, 2.75) is 32.1 Å². The molecule has 2 heterocycles. The van der Waals surface area contributed by atoms with Gasteiger partial charge in [-0.1, -0.05) is 0 Å². The van der Waals surface area contributed by atoms with Gasteiger partial charge in [0.2, 0.25) is 5.91 Å². The molecule has 1 aromatic heterocycles. The van der Waals surface area contributed by atoms with Crippen molar-refractivity contribution in [3.63, 3.8) is 0 Å². The summed E-state index contributed by atoms with van der Waals surface area (Å²) >= 11 is 0. The third-order valence-corrected chi connectivity index (χ3v) is 3.11. The average molecular weight is 284 g/mol. The minimum atomic E-state index is -0.935. The lowest BCUT2D eigenvalue weighted by atomic mass is 10.1. The van der Waals surface area contributed by atoms with Crippen LogP contribution in [-0.4, -0.2) is 50.8 Å². The van der Waals surface area contributed by atoms with Gasteiger partial charge >= 0.3 is 5.82 Å². The molecular weight excluding hydrogens is 268 g/mol. The van der Waals surface area contributed by atoms with Crippen LogP contribution in [0.1, 0.15) is 12.2 Å². The Morgan fingerprint density at radius 2 is 2.50 bits per heavy atom. The van der Waals surface area contributed by atoms with E-state index in [-0.39, 0.29) is 24.7 Å². The van der Waals surface area contributed by atoms with Crippen LogP contribution >= 0.6 is 0 Å². The maximum absolute atomic E-state index is 11.5. The third kappa shape index (κ3) is 3.11. The van der Waals surface area contributed by atoms with E-state index in [1.54, 1.807) is 6.92 Å². The number of hydrogen-bond acceptors (Lipinski definition) is 6. The Morgan fingerprint density at radius 3 is 3.15 bits per heavy atom. The zero-order chi connectivity index (χ0) is 14.7. The summed E-state index contributed by atoms with van der Waals surface area (Å²) in [6.07, 6.45) is -0.427. The van der Waals surface area contributed by atoms with E-state index in [0.29, 0.717) is 19.0 Å². The summed E-state index contributed by atoms with van der Waals surface area (Å²) in [6.45, 7) is 2.46. The molecule has 0 spiro atoms. The number of imidazole rings is 1. The molecule has 1 fully saturated rings. The number of nitrogens with one attached hydrogen (secondary N) is 1. The van der Waals surface area contributed by atoms with E-state index in [1.807, 2.05) is 0 Å². The second-order valence-corrected chi connectivity index (χ2v) is 4.57. The maximum atomic E-state index is 11.5. The van der Waals surface area contributed by atoms with Crippen molar-refractivity contribution in [3.8, 4) is 0 Å². The number of nitro groups is 1. The van der Waals surface area contributed by atoms with Gasteiger partial charge in [-0.3, -0.25) is 4.79 Å². The van der Waals surface area contributed by atoms with Gasteiger partial charge in [0.05, 0.1) is 12.7 Å². The second-order valence-electron chi connectivity index (χ2n) is 4.57. The van der Waals surface area contributed by atoms with E-state index in [4.69, 9.17) is 4.74 Å². The van der Waals surface area contributed by atoms with Crippen LogP contribution in [0.5, 0.6) is 0 Å². The van der Waals surface area contributed by atoms with Crippen LogP contribution in [0.15, 0.2) is 6.20 Å². The molecule has 1 aliphatic heterocycles. The third-order valence-electron chi connectivity index (χ3n) is 3.11. The number of rotatable bonds is 5. The fourth-order valence-corrected chi connectivity index (χ4v) is 2.10. The molecule has 9 nitrogen and oxygen atoms in total. The molecule has 2 N–H and O–H groups in total. The molecule has 110 valence electrons. The van der Waals surface area contributed by atoms with Crippen LogP contribution in [0.3, 0.4) is 0 Å². The van der Waals surface area contributed by atoms with Gasteiger partial charge in [-0.2, -0.15) is 0 Å². The minimum Gasteiger partial charge on any atom is -0.389 e. The number of amides is 1. The first-order valence-electron chi connectivity index (χ1n) is 6.23. The zero-order valence-corrected chi connectivity index (χ0v) is 11.0. The first-order chi connectivity index (χ1) is 9.49. The lowest BCUT2D eigenvalue weighted by molar-refractivity contribution is -0.392. The Hall–Kier alpha value is -2.00. The number of aliphatic hydroxyl groups is 1. The van der Waals surface area contributed by atoms with Gasteiger partial charge in [0.15, 0.2) is 5.82 Å². The van der Waals surface area contributed by atoms with Gasteiger partial charge in [0.1, 0.15) is 18.8 Å². The topological polar surface area (TPSA) is 120 Å². The number of hydrogen-bond donors (Lipinski definition) is 2. The lowest BCUT2D eigenvalue weighted by Gasteiger charge is -2.24. The molecule has 1 saturated heterocycles. The molecule has 2 unspecified atom stereocenters. The van der Waals surface area contributed by atoms with Gasteiger partial charge in [0.25, 0.3) is 0 Å². The molecule has 1 aromatic rings. The Balaban J connectivity index is 2.01. The highest BCUT2D eigenvalue weighted by molar-refractivity contribution is 5.81. The molecule has 0 bridgehead atoms. The summed E-state index contributed by atoms with van der Waals surface area (Å²) in [5.41, 5.74) is 0. The maximum Gasteiger partial charge on any atom is 0.342 e. The summed E-state index contributed by atoms with van der Waals surface area (Å²) in [5.74, 6) is -0.0209. The van der Waals surface area contributed by atoms with Gasteiger partial charge in [-0.15, -0.1) is 0 Å². The number of carbonyl (C=O) groups is 1. The first kappa shape index (κ1) is 14.4. The average Bonchev–Trinajstić information content (AvgIpc) is 2.74.